The molecule has 2 fully saturated rings. The second-order valence-electron chi connectivity index (χ2n) is 7.83. The second-order valence-corrected chi connectivity index (χ2v) is 7.83. The van der Waals surface area contributed by atoms with Crippen molar-refractivity contribution in [3.8, 4) is 0 Å². The first kappa shape index (κ1) is 21.3. The van der Waals surface area contributed by atoms with Gasteiger partial charge in [-0.3, -0.25) is 4.99 Å². The number of anilines is 1. The zero-order chi connectivity index (χ0) is 17.7. The number of hydrogen-bond acceptors (Lipinski definition) is 2. The molecule has 2 N–H and O–H groups in total. The average molecular weight is 474 g/mol. The Bertz CT molecular complexity index is 593. The van der Waals surface area contributed by atoms with E-state index in [1.165, 1.54) is 31.7 Å². The summed E-state index contributed by atoms with van der Waals surface area (Å²) in [6.45, 7) is 5.25. The quantitative estimate of drug-likeness (QED) is 0.391. The molecule has 0 atom stereocenters. The molecule has 1 aromatic carbocycles. The van der Waals surface area contributed by atoms with Gasteiger partial charge in [-0.25, -0.2) is 4.39 Å². The van der Waals surface area contributed by atoms with Crippen molar-refractivity contribution < 1.29 is 4.39 Å². The Balaban J connectivity index is 0.00000243. The molecule has 0 spiro atoms. The number of nitrogens with zero attached hydrogens (tertiary/aromatic N) is 2. The third-order valence-electron chi connectivity index (χ3n) is 5.73. The minimum atomic E-state index is -0.164. The fourth-order valence-corrected chi connectivity index (χ4v) is 4.05. The number of hydrogen-bond donors (Lipinski definition) is 2. The topological polar surface area (TPSA) is 39.7 Å². The molecule has 2 aliphatic rings. The van der Waals surface area contributed by atoms with E-state index in [9.17, 15) is 4.39 Å². The highest BCUT2D eigenvalue weighted by molar-refractivity contribution is 14.0. The third kappa shape index (κ3) is 5.72. The summed E-state index contributed by atoms with van der Waals surface area (Å²) in [6.07, 6.45) is 7.39. The van der Waals surface area contributed by atoms with E-state index in [1.54, 1.807) is 12.1 Å². The SMILES string of the molecule is CN=C(NCC1(C)CCCC1)NC1CCN(c2cccc(F)c2)CC1.I. The lowest BCUT2D eigenvalue weighted by atomic mass is 9.89. The number of nitrogens with one attached hydrogen (secondary N) is 2. The van der Waals surface area contributed by atoms with Gasteiger partial charge in [0.15, 0.2) is 5.96 Å². The number of guanidine groups is 1. The Kier molecular flexibility index (Phi) is 7.98. The van der Waals surface area contributed by atoms with Gasteiger partial charge >= 0.3 is 0 Å². The number of halogens is 2. The summed E-state index contributed by atoms with van der Waals surface area (Å²) < 4.78 is 13.4. The number of piperidine rings is 1. The smallest absolute Gasteiger partial charge is 0.191 e. The summed E-state index contributed by atoms with van der Waals surface area (Å²) in [5.74, 6) is 0.750. The number of aliphatic imine (C=N–C) groups is 1. The highest BCUT2D eigenvalue weighted by Crippen LogP contribution is 2.36. The molecule has 1 saturated carbocycles. The minimum Gasteiger partial charge on any atom is -0.371 e. The maximum absolute atomic E-state index is 13.4. The van der Waals surface area contributed by atoms with Crippen LogP contribution in [0.5, 0.6) is 0 Å². The minimum absolute atomic E-state index is 0. The van der Waals surface area contributed by atoms with E-state index in [4.69, 9.17) is 0 Å². The lowest BCUT2D eigenvalue weighted by Gasteiger charge is -2.35. The summed E-state index contributed by atoms with van der Waals surface area (Å²) in [6, 6.07) is 7.31. The molecule has 1 aliphatic carbocycles. The molecule has 1 aromatic rings. The molecule has 1 saturated heterocycles. The summed E-state index contributed by atoms with van der Waals surface area (Å²) >= 11 is 0. The Morgan fingerprint density at radius 3 is 2.58 bits per heavy atom. The van der Waals surface area contributed by atoms with Crippen LogP contribution < -0.4 is 15.5 Å². The Morgan fingerprint density at radius 1 is 1.27 bits per heavy atom. The molecule has 0 bridgehead atoms. The van der Waals surface area contributed by atoms with E-state index in [0.29, 0.717) is 11.5 Å². The van der Waals surface area contributed by atoms with Crippen LogP contribution in [0.3, 0.4) is 0 Å². The van der Waals surface area contributed by atoms with E-state index in [1.807, 2.05) is 13.1 Å². The van der Waals surface area contributed by atoms with Crippen LogP contribution in [-0.4, -0.2) is 38.7 Å². The van der Waals surface area contributed by atoms with Gasteiger partial charge in [-0.15, -0.1) is 24.0 Å². The first-order valence-corrected chi connectivity index (χ1v) is 9.56. The molecule has 26 heavy (non-hydrogen) atoms. The molecule has 4 nitrogen and oxygen atoms in total. The van der Waals surface area contributed by atoms with Gasteiger partial charge in [0.2, 0.25) is 0 Å². The van der Waals surface area contributed by atoms with Crippen molar-refractivity contribution in [2.24, 2.45) is 10.4 Å². The number of rotatable bonds is 4. The first-order chi connectivity index (χ1) is 12.1. The van der Waals surface area contributed by atoms with Crippen LogP contribution in [0, 0.1) is 11.2 Å². The average Bonchev–Trinajstić information content (AvgIpc) is 3.06. The van der Waals surface area contributed by atoms with Gasteiger partial charge in [-0.05, 0) is 49.3 Å². The molecule has 0 unspecified atom stereocenters. The van der Waals surface area contributed by atoms with Crippen LogP contribution in [0.25, 0.3) is 0 Å². The third-order valence-corrected chi connectivity index (χ3v) is 5.73. The normalized spacial score (nSPS) is 20.6. The van der Waals surface area contributed by atoms with Crippen molar-refractivity contribution in [3.05, 3.63) is 30.1 Å². The largest absolute Gasteiger partial charge is 0.371 e. The van der Waals surface area contributed by atoms with E-state index in [-0.39, 0.29) is 29.8 Å². The van der Waals surface area contributed by atoms with Gasteiger partial charge in [0, 0.05) is 38.4 Å². The molecule has 3 rings (SSSR count). The maximum atomic E-state index is 13.4. The van der Waals surface area contributed by atoms with Crippen LogP contribution in [0.15, 0.2) is 29.3 Å². The van der Waals surface area contributed by atoms with Crippen LogP contribution in [-0.2, 0) is 0 Å². The van der Waals surface area contributed by atoms with Crippen LogP contribution in [0.2, 0.25) is 0 Å². The molecular weight excluding hydrogens is 442 g/mol. The predicted octanol–water partition coefficient (Wildman–Crippen LogP) is 4.16. The summed E-state index contributed by atoms with van der Waals surface area (Å²) in [7, 11) is 1.84. The molecule has 0 amide bonds. The van der Waals surface area contributed by atoms with Crippen molar-refractivity contribution in [1.82, 2.24) is 10.6 Å². The van der Waals surface area contributed by atoms with E-state index >= 15 is 0 Å². The molecule has 1 aliphatic heterocycles. The summed E-state index contributed by atoms with van der Waals surface area (Å²) in [4.78, 5) is 6.66. The summed E-state index contributed by atoms with van der Waals surface area (Å²) in [5.41, 5.74) is 1.40. The van der Waals surface area contributed by atoms with Crippen LogP contribution in [0.4, 0.5) is 10.1 Å². The lowest BCUT2D eigenvalue weighted by Crippen LogP contribution is -2.50. The van der Waals surface area contributed by atoms with Gasteiger partial charge in [-0.1, -0.05) is 25.8 Å². The van der Waals surface area contributed by atoms with Gasteiger partial charge in [0.05, 0.1) is 0 Å². The Labute approximate surface area is 174 Å². The van der Waals surface area contributed by atoms with E-state index in [0.717, 1.165) is 44.1 Å². The Hall–Kier alpha value is -1.05. The highest BCUT2D eigenvalue weighted by Gasteiger charge is 2.29. The van der Waals surface area contributed by atoms with Crippen molar-refractivity contribution in [1.29, 1.82) is 0 Å². The predicted molar refractivity (Wildman–Crippen MR) is 118 cm³/mol. The first-order valence-electron chi connectivity index (χ1n) is 9.56. The molecule has 1 heterocycles. The standard InChI is InChI=1S/C20H31FN4.HI/c1-20(10-3-4-11-20)15-23-19(22-2)24-17-8-12-25(13-9-17)18-7-5-6-16(21)14-18;/h5-7,14,17H,3-4,8-13,15H2,1-2H3,(H2,22,23,24);1H. The molecule has 146 valence electrons. The van der Waals surface area contributed by atoms with Gasteiger partial charge < -0.3 is 15.5 Å². The zero-order valence-corrected chi connectivity index (χ0v) is 18.3. The van der Waals surface area contributed by atoms with E-state index < -0.39 is 0 Å². The maximum Gasteiger partial charge on any atom is 0.191 e. The van der Waals surface area contributed by atoms with Gasteiger partial charge in [-0.2, -0.15) is 0 Å². The van der Waals surface area contributed by atoms with Crippen LogP contribution >= 0.6 is 24.0 Å². The molecule has 0 aromatic heterocycles. The van der Waals surface area contributed by atoms with Gasteiger partial charge in [0.1, 0.15) is 5.82 Å². The van der Waals surface area contributed by atoms with E-state index in [2.05, 4.69) is 27.4 Å². The zero-order valence-electron chi connectivity index (χ0n) is 15.9. The monoisotopic (exact) mass is 474 g/mol. The fraction of sp³-hybridized carbons (Fsp3) is 0.650. The lowest BCUT2D eigenvalue weighted by molar-refractivity contribution is 0.332. The fourth-order valence-electron chi connectivity index (χ4n) is 4.05. The highest BCUT2D eigenvalue weighted by atomic mass is 127. The van der Waals surface area contributed by atoms with Crippen molar-refractivity contribution in [2.45, 2.75) is 51.5 Å². The molecule has 0 radical (unpaired) electrons. The Morgan fingerprint density at radius 2 is 1.96 bits per heavy atom. The number of benzene rings is 1. The van der Waals surface area contributed by atoms with Crippen molar-refractivity contribution >= 4 is 35.6 Å². The summed E-state index contributed by atoms with van der Waals surface area (Å²) in [5, 5.41) is 7.09. The van der Waals surface area contributed by atoms with Crippen molar-refractivity contribution in [3.63, 3.8) is 0 Å². The van der Waals surface area contributed by atoms with Crippen LogP contribution in [0.1, 0.15) is 45.4 Å². The second kappa shape index (κ2) is 9.76. The van der Waals surface area contributed by atoms with Gasteiger partial charge in [0.25, 0.3) is 0 Å². The molecule has 6 heteroatoms. The molecular formula is C20H32FIN4. The van der Waals surface area contributed by atoms with Crippen molar-refractivity contribution in [2.75, 3.05) is 31.6 Å².